The second-order valence-electron chi connectivity index (χ2n) is 12.0. The summed E-state index contributed by atoms with van der Waals surface area (Å²) in [5, 5.41) is 83.7. The van der Waals surface area contributed by atoms with E-state index in [9.17, 15) is 45.6 Å². The Labute approximate surface area is 274 Å². The van der Waals surface area contributed by atoms with E-state index in [0.717, 1.165) is 11.6 Å². The van der Waals surface area contributed by atoms with Gasteiger partial charge in [-0.3, -0.25) is 4.79 Å². The van der Waals surface area contributed by atoms with Gasteiger partial charge in [-0.1, -0.05) is 11.6 Å². The van der Waals surface area contributed by atoms with Crippen LogP contribution in [0.4, 0.5) is 0 Å². The third kappa shape index (κ3) is 6.74. The number of hydrogen-bond acceptors (Lipinski definition) is 15. The first kappa shape index (κ1) is 35.5. The number of phenolic OH excluding ortho intramolecular Hbond substituents is 2. The molecule has 2 aromatic carbocycles. The summed E-state index contributed by atoms with van der Waals surface area (Å²) >= 11 is 0. The summed E-state index contributed by atoms with van der Waals surface area (Å²) in [5.74, 6) is -1.11. The molecule has 2 aliphatic heterocycles. The van der Waals surface area contributed by atoms with Crippen molar-refractivity contribution < 1.29 is 69.0 Å². The molecule has 3 aromatic rings. The Morgan fingerprint density at radius 2 is 1.58 bits per heavy atom. The largest absolute Gasteiger partial charge is 0.507 e. The number of aliphatic hydroxyl groups is 6. The zero-order valence-corrected chi connectivity index (χ0v) is 26.6. The summed E-state index contributed by atoms with van der Waals surface area (Å²) in [6.45, 7) is 4.37. The number of ether oxygens (including phenoxy) is 5. The highest BCUT2D eigenvalue weighted by Crippen LogP contribution is 2.41. The quantitative estimate of drug-likeness (QED) is 0.143. The molecule has 2 saturated heterocycles. The lowest BCUT2D eigenvalue weighted by atomic mass is 9.97. The van der Waals surface area contributed by atoms with Gasteiger partial charge in [0.1, 0.15) is 64.8 Å². The van der Waals surface area contributed by atoms with Crippen molar-refractivity contribution in [2.75, 3.05) is 13.7 Å². The molecule has 0 amide bonds. The van der Waals surface area contributed by atoms with Gasteiger partial charge in [-0.15, -0.1) is 0 Å². The molecule has 262 valence electrons. The molecular formula is C33H40O15. The predicted molar refractivity (Wildman–Crippen MR) is 167 cm³/mol. The Balaban J connectivity index is 1.65. The highest BCUT2D eigenvalue weighted by Gasteiger charge is 2.51. The first-order valence-corrected chi connectivity index (χ1v) is 15.2. The molecule has 0 bridgehead atoms. The summed E-state index contributed by atoms with van der Waals surface area (Å²) in [7, 11) is 1.47. The number of benzene rings is 2. The van der Waals surface area contributed by atoms with Gasteiger partial charge >= 0.3 is 0 Å². The summed E-state index contributed by atoms with van der Waals surface area (Å²) in [6.07, 6.45) is -14.4. The van der Waals surface area contributed by atoms with Gasteiger partial charge in [-0.25, -0.2) is 0 Å². The molecule has 10 unspecified atom stereocenters. The zero-order valence-electron chi connectivity index (χ0n) is 26.6. The number of phenols is 2. The molecule has 10 atom stereocenters. The molecular weight excluding hydrogens is 636 g/mol. The van der Waals surface area contributed by atoms with Crippen molar-refractivity contribution in [1.29, 1.82) is 0 Å². The van der Waals surface area contributed by atoms with Crippen LogP contribution in [0.25, 0.3) is 22.3 Å². The molecule has 0 radical (unpaired) electrons. The van der Waals surface area contributed by atoms with Crippen LogP contribution in [-0.2, 0) is 20.6 Å². The minimum atomic E-state index is -1.88. The van der Waals surface area contributed by atoms with E-state index in [1.165, 1.54) is 14.0 Å². The van der Waals surface area contributed by atoms with E-state index in [0.29, 0.717) is 11.3 Å². The smallest absolute Gasteiger partial charge is 0.239 e. The van der Waals surface area contributed by atoms with Crippen molar-refractivity contribution >= 4 is 11.0 Å². The van der Waals surface area contributed by atoms with Crippen LogP contribution in [0, 0.1) is 0 Å². The Morgan fingerprint density at radius 3 is 2.21 bits per heavy atom. The average molecular weight is 677 g/mol. The number of aromatic hydroxyl groups is 2. The third-order valence-electron chi connectivity index (χ3n) is 8.41. The van der Waals surface area contributed by atoms with Crippen LogP contribution in [0.15, 0.2) is 51.2 Å². The fourth-order valence-corrected chi connectivity index (χ4v) is 5.61. The number of hydrogen-bond donors (Lipinski definition) is 8. The fourth-order valence-electron chi connectivity index (χ4n) is 5.61. The Morgan fingerprint density at radius 1 is 0.896 bits per heavy atom. The normalized spacial score (nSPS) is 30.6. The summed E-state index contributed by atoms with van der Waals surface area (Å²) in [4.78, 5) is 14.3. The highest BCUT2D eigenvalue weighted by molar-refractivity contribution is 5.91. The molecule has 15 heteroatoms. The van der Waals surface area contributed by atoms with Crippen molar-refractivity contribution in [1.82, 2.24) is 0 Å². The van der Waals surface area contributed by atoms with Crippen LogP contribution < -0.4 is 14.9 Å². The fraction of sp³-hybridized carbons (Fsp3) is 0.485. The van der Waals surface area contributed by atoms with Gasteiger partial charge in [0.05, 0.1) is 19.8 Å². The van der Waals surface area contributed by atoms with Crippen LogP contribution in [0.2, 0.25) is 0 Å². The van der Waals surface area contributed by atoms with Gasteiger partial charge in [0.25, 0.3) is 0 Å². The molecule has 8 N–H and O–H groups in total. The lowest BCUT2D eigenvalue weighted by Gasteiger charge is -2.45. The minimum absolute atomic E-state index is 0.115. The second kappa shape index (κ2) is 14.4. The average Bonchev–Trinajstić information content (AvgIpc) is 3.05. The molecule has 3 heterocycles. The molecule has 0 spiro atoms. The lowest BCUT2D eigenvalue weighted by Crippen LogP contribution is -2.64. The monoisotopic (exact) mass is 676 g/mol. The molecule has 0 saturated carbocycles. The topological polar surface area (TPSA) is 238 Å². The van der Waals surface area contributed by atoms with Crippen molar-refractivity contribution in [3.05, 3.63) is 57.8 Å². The van der Waals surface area contributed by atoms with E-state index < -0.39 is 84.9 Å². The highest BCUT2D eigenvalue weighted by atomic mass is 16.8. The van der Waals surface area contributed by atoms with Crippen LogP contribution >= 0.6 is 0 Å². The van der Waals surface area contributed by atoms with Crippen LogP contribution in [0.1, 0.15) is 26.3 Å². The number of fused-ring (bicyclic) bond motifs is 1. The van der Waals surface area contributed by atoms with E-state index >= 15 is 0 Å². The van der Waals surface area contributed by atoms with Gasteiger partial charge in [-0.05, 0) is 51.5 Å². The van der Waals surface area contributed by atoms with Crippen molar-refractivity contribution in [2.45, 2.75) is 88.6 Å². The Bertz CT molecular complexity index is 1680. The molecule has 1 aromatic heterocycles. The van der Waals surface area contributed by atoms with Crippen molar-refractivity contribution in [2.24, 2.45) is 0 Å². The van der Waals surface area contributed by atoms with E-state index in [2.05, 4.69) is 0 Å². The van der Waals surface area contributed by atoms with Crippen LogP contribution in [0.5, 0.6) is 23.0 Å². The Kier molecular flexibility index (Phi) is 10.6. The van der Waals surface area contributed by atoms with Crippen LogP contribution in [0.3, 0.4) is 0 Å². The third-order valence-corrected chi connectivity index (χ3v) is 8.41. The second-order valence-corrected chi connectivity index (χ2v) is 12.0. The predicted octanol–water partition coefficient (Wildman–Crippen LogP) is 0.419. The number of allylic oxidation sites excluding steroid dienone is 2. The summed E-state index contributed by atoms with van der Waals surface area (Å²) in [6, 6.07) is 7.34. The SMILES string of the molecule is COc1ccc(-c2oc3c(CC=C(C)C)c(O)cc(O)c3c(=O)c2OC2OC(C)C(O)C(O)C2OC2OC(CO)C(O)C(O)C2O)cc1. The standard InChI is InChI=1S/C33H40O15/c1-13(2)5-10-17-18(35)11-19(36)21-24(39)30(28(46-29(17)21)15-6-8-16(43-4)9-7-15)47-33-31(26(41)22(37)14(3)44-33)48-32-27(42)25(40)23(38)20(12-34)45-32/h5-9,11,14,20,22-23,25-27,31-38,40-42H,10,12H2,1-4H3. The summed E-state index contributed by atoms with van der Waals surface area (Å²) < 4.78 is 34.6. The van der Waals surface area contributed by atoms with E-state index in [1.807, 2.05) is 13.8 Å². The van der Waals surface area contributed by atoms with Gasteiger partial charge in [0.2, 0.25) is 17.5 Å². The van der Waals surface area contributed by atoms with E-state index in [1.54, 1.807) is 30.3 Å². The zero-order chi connectivity index (χ0) is 35.0. The summed E-state index contributed by atoms with van der Waals surface area (Å²) in [5.41, 5.74) is 0.434. The van der Waals surface area contributed by atoms with Crippen LogP contribution in [-0.4, -0.2) is 116 Å². The molecule has 5 rings (SSSR count). The number of aliphatic hydroxyl groups excluding tert-OH is 6. The van der Waals surface area contributed by atoms with Gasteiger partial charge in [0.15, 0.2) is 18.2 Å². The minimum Gasteiger partial charge on any atom is -0.507 e. The number of methoxy groups -OCH3 is 1. The van der Waals surface area contributed by atoms with Gasteiger partial charge < -0.3 is 69.0 Å². The maximum absolute atomic E-state index is 14.3. The van der Waals surface area contributed by atoms with E-state index in [4.69, 9.17) is 28.1 Å². The van der Waals surface area contributed by atoms with Crippen molar-refractivity contribution in [3.63, 3.8) is 0 Å². The number of rotatable bonds is 9. The first-order chi connectivity index (χ1) is 22.8. The molecule has 2 aliphatic rings. The lowest BCUT2D eigenvalue weighted by molar-refractivity contribution is -0.355. The molecule has 15 nitrogen and oxygen atoms in total. The first-order valence-electron chi connectivity index (χ1n) is 15.2. The van der Waals surface area contributed by atoms with Gasteiger partial charge in [-0.2, -0.15) is 0 Å². The molecule has 48 heavy (non-hydrogen) atoms. The molecule has 0 aliphatic carbocycles. The molecule has 2 fully saturated rings. The van der Waals surface area contributed by atoms with Crippen molar-refractivity contribution in [3.8, 4) is 34.3 Å². The Hall–Kier alpha value is -3.77. The maximum Gasteiger partial charge on any atom is 0.239 e. The maximum atomic E-state index is 14.3. The van der Waals surface area contributed by atoms with E-state index in [-0.39, 0.29) is 34.5 Å². The van der Waals surface area contributed by atoms with Gasteiger partial charge in [0, 0.05) is 17.2 Å².